The van der Waals surface area contributed by atoms with Gasteiger partial charge in [0.15, 0.2) is 9.84 Å². The minimum atomic E-state index is -3.31. The number of carbonyl (C=O) groups excluding carboxylic acids is 1. The van der Waals surface area contributed by atoms with E-state index in [0.717, 1.165) is 11.1 Å². The molecule has 4 nitrogen and oxygen atoms in total. The van der Waals surface area contributed by atoms with Crippen LogP contribution in [0, 0.1) is 5.82 Å². The summed E-state index contributed by atoms with van der Waals surface area (Å²) in [7, 11) is -3.31. The van der Waals surface area contributed by atoms with E-state index in [0.29, 0.717) is 19.4 Å². The van der Waals surface area contributed by atoms with Crippen LogP contribution in [0.2, 0.25) is 5.02 Å². The van der Waals surface area contributed by atoms with Crippen LogP contribution >= 0.6 is 11.6 Å². The molecule has 0 N–H and O–H groups in total. The molecule has 27 heavy (non-hydrogen) atoms. The minimum Gasteiger partial charge on any atom is -0.342 e. The second kappa shape index (κ2) is 8.40. The molecule has 0 aliphatic carbocycles. The number of carbonyl (C=O) groups is 1. The van der Waals surface area contributed by atoms with Crippen LogP contribution in [0.1, 0.15) is 29.2 Å². The van der Waals surface area contributed by atoms with Gasteiger partial charge in [-0.05, 0) is 36.1 Å². The first-order valence-corrected chi connectivity index (χ1v) is 10.9. The van der Waals surface area contributed by atoms with Crippen molar-refractivity contribution in [3.8, 4) is 0 Å². The van der Waals surface area contributed by atoms with Crippen molar-refractivity contribution in [2.75, 3.05) is 18.8 Å². The van der Waals surface area contributed by atoms with Crippen molar-refractivity contribution >= 4 is 27.3 Å². The number of nitrogens with zero attached hydrogens (tertiary/aromatic N) is 1. The monoisotopic (exact) mass is 409 g/mol. The quantitative estimate of drug-likeness (QED) is 0.771. The van der Waals surface area contributed by atoms with Crippen molar-refractivity contribution in [2.45, 2.75) is 24.5 Å². The predicted molar refractivity (Wildman–Crippen MR) is 104 cm³/mol. The lowest BCUT2D eigenvalue weighted by Crippen LogP contribution is -2.33. The summed E-state index contributed by atoms with van der Waals surface area (Å²) in [6, 6.07) is 13.5. The molecular formula is C20H21ClFNO3S. The third-order valence-electron chi connectivity index (χ3n) is 4.88. The van der Waals surface area contributed by atoms with Gasteiger partial charge < -0.3 is 4.90 Å². The Morgan fingerprint density at radius 3 is 2.59 bits per heavy atom. The number of aryl methyl sites for hydroxylation is 1. The van der Waals surface area contributed by atoms with Gasteiger partial charge in [-0.15, -0.1) is 0 Å². The second-order valence-corrected chi connectivity index (χ2v) is 9.39. The maximum absolute atomic E-state index is 13.2. The van der Waals surface area contributed by atoms with Crippen LogP contribution in [0.25, 0.3) is 0 Å². The molecular weight excluding hydrogens is 389 g/mol. The highest BCUT2D eigenvalue weighted by molar-refractivity contribution is 7.91. The van der Waals surface area contributed by atoms with Crippen LogP contribution in [0.4, 0.5) is 4.39 Å². The van der Waals surface area contributed by atoms with E-state index >= 15 is 0 Å². The molecule has 7 heteroatoms. The first-order chi connectivity index (χ1) is 12.9. The first kappa shape index (κ1) is 19.8. The summed E-state index contributed by atoms with van der Waals surface area (Å²) in [5, 5.41) is -0.543. The number of halogens is 2. The Morgan fingerprint density at radius 2 is 1.89 bits per heavy atom. The smallest absolute Gasteiger partial charge is 0.222 e. The SMILES string of the molecule is O=C(CCc1ccc(F)c(Cl)c1)N1CC[C@H](c2ccccc2)S(=O)(=O)CC1. The summed E-state index contributed by atoms with van der Waals surface area (Å²) in [4.78, 5) is 14.2. The van der Waals surface area contributed by atoms with Crippen molar-refractivity contribution < 1.29 is 17.6 Å². The zero-order valence-corrected chi connectivity index (χ0v) is 16.3. The third kappa shape index (κ3) is 4.87. The van der Waals surface area contributed by atoms with Gasteiger partial charge in [-0.1, -0.05) is 48.0 Å². The lowest BCUT2D eigenvalue weighted by atomic mass is 10.1. The van der Waals surface area contributed by atoms with Crippen LogP contribution in [0.3, 0.4) is 0 Å². The van der Waals surface area contributed by atoms with Gasteiger partial charge in [0, 0.05) is 19.5 Å². The maximum Gasteiger partial charge on any atom is 0.222 e. The van der Waals surface area contributed by atoms with Gasteiger partial charge in [0.1, 0.15) is 5.82 Å². The molecule has 0 spiro atoms. The van der Waals surface area contributed by atoms with Gasteiger partial charge in [-0.3, -0.25) is 4.79 Å². The van der Waals surface area contributed by atoms with Crippen LogP contribution in [-0.2, 0) is 21.1 Å². The van der Waals surface area contributed by atoms with E-state index in [1.165, 1.54) is 12.1 Å². The Morgan fingerprint density at radius 1 is 1.15 bits per heavy atom. The Hall–Kier alpha value is -1.92. The molecule has 1 amide bonds. The topological polar surface area (TPSA) is 54.5 Å². The largest absolute Gasteiger partial charge is 0.342 e. The van der Waals surface area contributed by atoms with Gasteiger partial charge in [0.2, 0.25) is 5.91 Å². The minimum absolute atomic E-state index is 0.0338. The molecule has 1 heterocycles. The molecule has 0 unspecified atom stereocenters. The van der Waals surface area contributed by atoms with Gasteiger partial charge >= 0.3 is 0 Å². The highest BCUT2D eigenvalue weighted by Crippen LogP contribution is 2.29. The molecule has 144 valence electrons. The molecule has 0 saturated carbocycles. The van der Waals surface area contributed by atoms with E-state index in [1.807, 2.05) is 30.3 Å². The maximum atomic E-state index is 13.2. The number of hydrogen-bond donors (Lipinski definition) is 0. The number of sulfone groups is 1. The molecule has 1 saturated heterocycles. The summed E-state index contributed by atoms with van der Waals surface area (Å²) in [5.74, 6) is -0.628. The summed E-state index contributed by atoms with van der Waals surface area (Å²) in [6.45, 7) is 0.608. The number of hydrogen-bond acceptors (Lipinski definition) is 3. The predicted octanol–water partition coefficient (Wildman–Crippen LogP) is 3.80. The standard InChI is InChI=1S/C20H21ClFNO3S/c21-17-14-15(6-8-18(17)22)7-9-20(24)23-11-10-19(27(25,26)13-12-23)16-4-2-1-3-5-16/h1-6,8,14,19H,7,9-13H2/t19-/m1/s1. The first-order valence-electron chi connectivity index (χ1n) is 8.85. The van der Waals surface area contributed by atoms with Crippen molar-refractivity contribution in [3.63, 3.8) is 0 Å². The zero-order chi connectivity index (χ0) is 19.4. The van der Waals surface area contributed by atoms with E-state index in [-0.39, 0.29) is 29.6 Å². The molecule has 3 rings (SSSR count). The Balaban J connectivity index is 1.64. The summed E-state index contributed by atoms with van der Waals surface area (Å²) in [5.41, 5.74) is 1.55. The highest BCUT2D eigenvalue weighted by Gasteiger charge is 2.32. The fourth-order valence-electron chi connectivity index (χ4n) is 3.34. The van der Waals surface area contributed by atoms with Crippen LogP contribution in [0.5, 0.6) is 0 Å². The van der Waals surface area contributed by atoms with Crippen LogP contribution in [0.15, 0.2) is 48.5 Å². The van der Waals surface area contributed by atoms with E-state index in [2.05, 4.69) is 0 Å². The molecule has 0 bridgehead atoms. The Kier molecular flexibility index (Phi) is 6.17. The summed E-state index contributed by atoms with van der Waals surface area (Å²) >= 11 is 5.77. The van der Waals surface area contributed by atoms with Gasteiger partial charge in [-0.25, -0.2) is 12.8 Å². The normalized spacial score (nSPS) is 19.5. The van der Waals surface area contributed by atoms with Crippen LogP contribution < -0.4 is 0 Å². The lowest BCUT2D eigenvalue weighted by molar-refractivity contribution is -0.130. The van der Waals surface area contributed by atoms with Crippen LogP contribution in [-0.4, -0.2) is 38.1 Å². The molecule has 1 aliphatic rings. The molecule has 1 fully saturated rings. The summed E-state index contributed by atoms with van der Waals surface area (Å²) in [6.07, 6.45) is 1.06. The van der Waals surface area contributed by atoms with E-state index < -0.39 is 20.9 Å². The van der Waals surface area contributed by atoms with Crippen molar-refractivity contribution in [2.24, 2.45) is 0 Å². The van der Waals surface area contributed by atoms with Gasteiger partial charge in [0.25, 0.3) is 0 Å². The average molecular weight is 410 g/mol. The number of rotatable bonds is 4. The molecule has 0 aromatic heterocycles. The molecule has 1 aliphatic heterocycles. The lowest BCUT2D eigenvalue weighted by Gasteiger charge is -2.20. The molecule has 2 aromatic rings. The fraction of sp³-hybridized carbons (Fsp3) is 0.350. The molecule has 0 radical (unpaired) electrons. The number of benzene rings is 2. The highest BCUT2D eigenvalue weighted by atomic mass is 35.5. The van der Waals surface area contributed by atoms with E-state index in [4.69, 9.17) is 11.6 Å². The number of amides is 1. The fourth-order valence-corrected chi connectivity index (χ4v) is 5.34. The third-order valence-corrected chi connectivity index (χ3v) is 7.29. The van der Waals surface area contributed by atoms with Crippen molar-refractivity contribution in [1.82, 2.24) is 4.90 Å². The van der Waals surface area contributed by atoms with Crippen molar-refractivity contribution in [3.05, 3.63) is 70.5 Å². The molecule has 2 aromatic carbocycles. The van der Waals surface area contributed by atoms with Gasteiger partial charge in [0.05, 0.1) is 16.0 Å². The zero-order valence-electron chi connectivity index (χ0n) is 14.8. The molecule has 1 atom stereocenters. The van der Waals surface area contributed by atoms with E-state index in [1.54, 1.807) is 11.0 Å². The van der Waals surface area contributed by atoms with E-state index in [9.17, 15) is 17.6 Å². The second-order valence-electron chi connectivity index (χ2n) is 6.68. The average Bonchev–Trinajstić information content (AvgIpc) is 2.81. The van der Waals surface area contributed by atoms with Gasteiger partial charge in [-0.2, -0.15) is 0 Å². The van der Waals surface area contributed by atoms with Crippen molar-refractivity contribution in [1.29, 1.82) is 0 Å². The summed E-state index contributed by atoms with van der Waals surface area (Å²) < 4.78 is 38.5. The Bertz CT molecular complexity index is 918. The Labute approximate surface area is 163 Å².